The average Bonchev–Trinajstić information content (AvgIpc) is 2.42. The van der Waals surface area contributed by atoms with Gasteiger partial charge in [0.1, 0.15) is 0 Å². The largest absolute Gasteiger partial charge is 0.493 e. The number of aryl methyl sites for hydroxylation is 1. The van der Waals surface area contributed by atoms with E-state index in [1.165, 1.54) is 20.3 Å². The summed E-state index contributed by atoms with van der Waals surface area (Å²) < 4.78 is 37.8. The number of hydrogen-bond donors (Lipinski definition) is 2. The molecule has 6 nitrogen and oxygen atoms in total. The van der Waals surface area contributed by atoms with E-state index in [4.69, 9.17) is 15.2 Å². The zero-order chi connectivity index (χ0) is 15.7. The predicted molar refractivity (Wildman–Crippen MR) is 87.5 cm³/mol. The van der Waals surface area contributed by atoms with Gasteiger partial charge in [-0.1, -0.05) is 0 Å². The molecule has 1 aromatic rings. The molecule has 0 atom stereocenters. The van der Waals surface area contributed by atoms with E-state index in [0.29, 0.717) is 17.1 Å². The van der Waals surface area contributed by atoms with Crippen molar-refractivity contribution in [3.63, 3.8) is 0 Å². The Labute approximate surface area is 137 Å². The first kappa shape index (κ1) is 19.0. The summed E-state index contributed by atoms with van der Waals surface area (Å²) >= 11 is 0. The molecule has 0 heterocycles. The van der Waals surface area contributed by atoms with Crippen molar-refractivity contribution in [2.75, 3.05) is 20.8 Å². The highest BCUT2D eigenvalue weighted by atomic mass is 35.5. The Hall–Kier alpha value is -1.02. The topological polar surface area (TPSA) is 90.7 Å². The SMILES string of the molecule is COc1cc(C)c(S(=O)(=O)NCC2(N)CCC2)cc1OC.Cl. The Bertz CT molecular complexity index is 630. The lowest BCUT2D eigenvalue weighted by molar-refractivity contribution is 0.251. The molecule has 0 aromatic heterocycles. The number of ether oxygens (including phenoxy) is 2. The smallest absolute Gasteiger partial charge is 0.241 e. The standard InChI is InChI=1S/C14H22N2O4S.ClH/c1-10-7-11(19-2)12(20-3)8-13(10)21(17,18)16-9-14(15)5-4-6-14;/h7-8,16H,4-6,9,15H2,1-3H3;1H. The summed E-state index contributed by atoms with van der Waals surface area (Å²) in [7, 11) is -0.639. The molecule has 0 amide bonds. The van der Waals surface area contributed by atoms with Crippen LogP contribution < -0.4 is 19.9 Å². The van der Waals surface area contributed by atoms with Crippen LogP contribution in [0.4, 0.5) is 0 Å². The second-order valence-electron chi connectivity index (χ2n) is 5.51. The molecule has 0 saturated heterocycles. The fourth-order valence-corrected chi connectivity index (χ4v) is 3.75. The van der Waals surface area contributed by atoms with Crippen molar-refractivity contribution in [1.29, 1.82) is 0 Å². The van der Waals surface area contributed by atoms with Crippen LogP contribution >= 0.6 is 12.4 Å². The van der Waals surface area contributed by atoms with Gasteiger partial charge in [-0.15, -0.1) is 12.4 Å². The van der Waals surface area contributed by atoms with Crippen LogP contribution in [0.5, 0.6) is 11.5 Å². The maximum absolute atomic E-state index is 12.4. The minimum absolute atomic E-state index is 0. The number of rotatable bonds is 6. The van der Waals surface area contributed by atoms with Gasteiger partial charge in [-0.2, -0.15) is 0 Å². The number of methoxy groups -OCH3 is 2. The van der Waals surface area contributed by atoms with Crippen molar-refractivity contribution in [1.82, 2.24) is 4.72 Å². The quantitative estimate of drug-likeness (QED) is 0.813. The van der Waals surface area contributed by atoms with E-state index in [0.717, 1.165) is 19.3 Å². The van der Waals surface area contributed by atoms with Crippen LogP contribution in [-0.2, 0) is 10.0 Å². The van der Waals surface area contributed by atoms with Crippen LogP contribution in [0.2, 0.25) is 0 Å². The monoisotopic (exact) mass is 350 g/mol. The van der Waals surface area contributed by atoms with Gasteiger partial charge in [-0.05, 0) is 37.8 Å². The van der Waals surface area contributed by atoms with Crippen molar-refractivity contribution >= 4 is 22.4 Å². The van der Waals surface area contributed by atoms with Crippen LogP contribution in [0, 0.1) is 6.92 Å². The normalized spacial score (nSPS) is 16.4. The number of hydrogen-bond acceptors (Lipinski definition) is 5. The maximum Gasteiger partial charge on any atom is 0.241 e. The average molecular weight is 351 g/mol. The molecule has 0 spiro atoms. The molecular formula is C14H23ClN2O4S. The molecular weight excluding hydrogens is 328 g/mol. The Morgan fingerprint density at radius 2 is 1.77 bits per heavy atom. The summed E-state index contributed by atoms with van der Waals surface area (Å²) in [6.45, 7) is 1.97. The van der Waals surface area contributed by atoms with E-state index < -0.39 is 15.6 Å². The Balaban J connectivity index is 0.00000242. The highest BCUT2D eigenvalue weighted by Gasteiger charge is 2.34. The lowest BCUT2D eigenvalue weighted by Crippen LogP contribution is -2.54. The van der Waals surface area contributed by atoms with E-state index in [2.05, 4.69) is 4.72 Å². The summed E-state index contributed by atoms with van der Waals surface area (Å²) in [6.07, 6.45) is 2.74. The summed E-state index contributed by atoms with van der Waals surface area (Å²) in [5.41, 5.74) is 6.25. The van der Waals surface area contributed by atoms with Gasteiger partial charge >= 0.3 is 0 Å². The molecule has 1 aliphatic rings. The van der Waals surface area contributed by atoms with Crippen molar-refractivity contribution in [2.24, 2.45) is 5.73 Å². The van der Waals surface area contributed by atoms with Gasteiger partial charge in [-0.3, -0.25) is 0 Å². The van der Waals surface area contributed by atoms with Gasteiger partial charge in [0, 0.05) is 18.2 Å². The summed E-state index contributed by atoms with van der Waals surface area (Å²) in [4.78, 5) is 0.183. The van der Waals surface area contributed by atoms with Crippen molar-refractivity contribution in [2.45, 2.75) is 36.6 Å². The minimum Gasteiger partial charge on any atom is -0.493 e. The molecule has 1 saturated carbocycles. The number of benzene rings is 1. The van der Waals surface area contributed by atoms with Crippen molar-refractivity contribution in [3.8, 4) is 11.5 Å². The van der Waals surface area contributed by atoms with Gasteiger partial charge in [0.2, 0.25) is 10.0 Å². The van der Waals surface area contributed by atoms with E-state index in [-0.39, 0.29) is 23.8 Å². The molecule has 22 heavy (non-hydrogen) atoms. The molecule has 0 aliphatic heterocycles. The van der Waals surface area contributed by atoms with Gasteiger partial charge in [0.25, 0.3) is 0 Å². The third-order valence-corrected chi connectivity index (χ3v) is 5.48. The van der Waals surface area contributed by atoms with E-state index >= 15 is 0 Å². The molecule has 0 unspecified atom stereocenters. The summed E-state index contributed by atoms with van der Waals surface area (Å²) in [6, 6.07) is 3.12. The number of halogens is 1. The van der Waals surface area contributed by atoms with E-state index in [1.807, 2.05) is 0 Å². The predicted octanol–water partition coefficient (Wildman–Crippen LogP) is 1.59. The van der Waals surface area contributed by atoms with Crippen LogP contribution in [0.1, 0.15) is 24.8 Å². The van der Waals surface area contributed by atoms with Crippen LogP contribution in [0.3, 0.4) is 0 Å². The molecule has 2 rings (SSSR count). The first-order valence-corrected chi connectivity index (χ1v) is 8.31. The first-order chi connectivity index (χ1) is 9.81. The zero-order valence-electron chi connectivity index (χ0n) is 13.0. The first-order valence-electron chi connectivity index (χ1n) is 6.82. The zero-order valence-corrected chi connectivity index (χ0v) is 14.6. The van der Waals surface area contributed by atoms with Gasteiger partial charge < -0.3 is 15.2 Å². The second kappa shape index (κ2) is 7.04. The molecule has 3 N–H and O–H groups in total. The maximum atomic E-state index is 12.4. The minimum atomic E-state index is -3.62. The van der Waals surface area contributed by atoms with E-state index in [9.17, 15) is 8.42 Å². The molecule has 1 fully saturated rings. The Morgan fingerprint density at radius 1 is 1.23 bits per heavy atom. The molecule has 126 valence electrons. The molecule has 1 aliphatic carbocycles. The lowest BCUT2D eigenvalue weighted by Gasteiger charge is -2.38. The Kier molecular flexibility index (Phi) is 6.09. The fourth-order valence-electron chi connectivity index (χ4n) is 2.38. The van der Waals surface area contributed by atoms with Gasteiger partial charge in [0.15, 0.2) is 11.5 Å². The van der Waals surface area contributed by atoms with Crippen molar-refractivity contribution in [3.05, 3.63) is 17.7 Å². The second-order valence-corrected chi connectivity index (χ2v) is 7.25. The number of sulfonamides is 1. The van der Waals surface area contributed by atoms with Crippen LogP contribution in [0.15, 0.2) is 17.0 Å². The summed E-state index contributed by atoms with van der Waals surface area (Å²) in [5, 5.41) is 0. The highest BCUT2D eigenvalue weighted by Crippen LogP contribution is 2.33. The van der Waals surface area contributed by atoms with Gasteiger partial charge in [-0.25, -0.2) is 13.1 Å². The van der Waals surface area contributed by atoms with Crippen molar-refractivity contribution < 1.29 is 17.9 Å². The lowest BCUT2D eigenvalue weighted by atomic mass is 9.78. The molecule has 0 bridgehead atoms. The third kappa shape index (κ3) is 3.84. The molecule has 0 radical (unpaired) electrons. The Morgan fingerprint density at radius 3 is 2.23 bits per heavy atom. The fraction of sp³-hybridized carbons (Fsp3) is 0.571. The highest BCUT2D eigenvalue weighted by molar-refractivity contribution is 7.89. The van der Waals surface area contributed by atoms with Crippen LogP contribution in [-0.4, -0.2) is 34.7 Å². The number of nitrogens with two attached hydrogens (primary N) is 1. The number of nitrogens with one attached hydrogen (secondary N) is 1. The van der Waals surface area contributed by atoms with E-state index in [1.54, 1.807) is 13.0 Å². The van der Waals surface area contributed by atoms with Gasteiger partial charge in [0.05, 0.1) is 19.1 Å². The van der Waals surface area contributed by atoms with Crippen LogP contribution in [0.25, 0.3) is 0 Å². The molecule has 8 heteroatoms. The molecule has 1 aromatic carbocycles. The third-order valence-electron chi connectivity index (χ3n) is 3.93. The summed E-state index contributed by atoms with van der Waals surface area (Å²) in [5.74, 6) is 0.887.